The molecule has 0 aliphatic carbocycles. The van der Waals surface area contributed by atoms with Crippen molar-refractivity contribution in [2.24, 2.45) is 0 Å². The van der Waals surface area contributed by atoms with E-state index in [-0.39, 0.29) is 65.1 Å². The molecule has 0 heterocycles. The largest absolute Gasteiger partial charge is 0.693 e. The van der Waals surface area contributed by atoms with Gasteiger partial charge in [-0.1, -0.05) is 0 Å². The summed E-state index contributed by atoms with van der Waals surface area (Å²) in [5, 5.41) is 0. The second kappa shape index (κ2) is 48.0. The molecule has 36 valence electrons. The summed E-state index contributed by atoms with van der Waals surface area (Å²) < 4.78 is 0. The number of nitrogens with two attached hydrogens (primary N) is 1. The summed E-state index contributed by atoms with van der Waals surface area (Å²) >= 11 is 0. The van der Waals surface area contributed by atoms with Gasteiger partial charge in [-0.15, -0.1) is 37.2 Å². The number of hydrogen-bond acceptors (Lipinski definition) is 0. The van der Waals surface area contributed by atoms with Crippen molar-refractivity contribution in [3.05, 3.63) is 6.15 Å². The Morgan fingerprint density at radius 2 is 0.600 bits per heavy atom. The smallest absolute Gasteiger partial charge is 0 e. The van der Waals surface area contributed by atoms with Gasteiger partial charge in [0.15, 0.2) is 0 Å². The molecule has 2 N–H and O–H groups in total. The first-order valence-corrected chi connectivity index (χ1v) is 0. The zero-order valence-electron chi connectivity index (χ0n) is 2.30. The maximum atomic E-state index is 0. The molecule has 0 aromatic rings. The van der Waals surface area contributed by atoms with Gasteiger partial charge in [-0.3, -0.25) is 0 Å². The summed E-state index contributed by atoms with van der Waals surface area (Å²) in [5.74, 6) is 0. The monoisotopic (exact) mass is 172 g/mol. The molecular weight excluding hydrogens is 168 g/mol. The van der Waals surface area contributed by atoms with E-state index < -0.39 is 0 Å². The predicted octanol–water partition coefficient (Wildman–Crippen LogP) is 1.98. The summed E-state index contributed by atoms with van der Waals surface area (Å²) in [6.45, 7) is 0. The predicted molar refractivity (Wildman–Crippen MR) is 27.0 cm³/mol. The first-order valence-electron chi connectivity index (χ1n) is 0. The zero-order chi connectivity index (χ0) is 0. The topological polar surface area (TPSA) is 33.5 Å². The molecule has 0 spiro atoms. The molecule has 0 aromatic heterocycles. The molecule has 0 atom stereocenters. The van der Waals surface area contributed by atoms with Crippen LogP contribution in [0.25, 0.3) is 6.15 Å². The molecule has 0 rings (SSSR count). The minimum absolute atomic E-state index is 0. The van der Waals surface area contributed by atoms with Crippen LogP contribution in [0.1, 0.15) is 0 Å². The van der Waals surface area contributed by atoms with Crippen molar-refractivity contribution in [2.45, 2.75) is 0 Å². The van der Waals surface area contributed by atoms with Gasteiger partial charge in [0, 0.05) is 21.7 Å². The van der Waals surface area contributed by atoms with Gasteiger partial charge in [0.05, 0.1) is 0 Å². The fraction of sp³-hybridized carbons (Fsp3) is 0. The Bertz CT molecular complexity index is 6.85. The molecule has 1 nitrogen and oxygen atoms in total. The van der Waals surface area contributed by atoms with Crippen LogP contribution in [0.4, 0.5) is 0 Å². The molecule has 5 heavy (non-hydrogen) atoms. The van der Waals surface area contributed by atoms with E-state index in [0.29, 0.717) is 0 Å². The second-order valence-electron chi connectivity index (χ2n) is 0. The summed E-state index contributed by atoms with van der Waals surface area (Å²) in [5.41, 5.74) is 0. The Hall–Kier alpha value is 1.54. The van der Waals surface area contributed by atoms with Gasteiger partial charge in [-0.05, 0) is 0 Å². The van der Waals surface area contributed by atoms with E-state index in [1.165, 1.54) is 0 Å². The van der Waals surface area contributed by atoms with Gasteiger partial charge in [-0.25, -0.2) is 0 Å². The van der Waals surface area contributed by atoms with Crippen LogP contribution >= 0.6 is 37.2 Å². The quantitative estimate of drug-likeness (QED) is 0.502. The van der Waals surface area contributed by atoms with E-state index in [1.54, 1.807) is 0 Å². The van der Waals surface area contributed by atoms with Crippen LogP contribution in [-0.2, 0) is 21.7 Å². The van der Waals surface area contributed by atoms with Crippen molar-refractivity contribution in [3.8, 4) is 0 Å². The third-order valence-corrected chi connectivity index (χ3v) is 0. The van der Waals surface area contributed by atoms with Crippen LogP contribution in [0.2, 0.25) is 0 Å². The summed E-state index contributed by atoms with van der Waals surface area (Å²) in [6.07, 6.45) is 0. The minimum atomic E-state index is 0. The average Bonchev–Trinajstić information content (AvgIpc) is 0. The normalized spacial score (nSPS) is 0. The molecule has 0 aliphatic rings. The number of halogens is 3. The van der Waals surface area contributed by atoms with Crippen LogP contribution in [0.5, 0.6) is 0 Å². The van der Waals surface area contributed by atoms with E-state index in [9.17, 15) is 0 Å². The minimum Gasteiger partial charge on any atom is -0.693 e. The SMILES string of the molecule is Cl.Cl.Cl.[NH2-].[Ti]. The first-order chi connectivity index (χ1) is 0. The van der Waals surface area contributed by atoms with Crippen molar-refractivity contribution in [1.29, 1.82) is 0 Å². The van der Waals surface area contributed by atoms with Gasteiger partial charge in [0.2, 0.25) is 0 Å². The molecule has 0 amide bonds. The standard InChI is InChI=1S/3ClH.H2N.Ti/h3*1H;1H2;/q;;;-1;. The van der Waals surface area contributed by atoms with Crippen molar-refractivity contribution in [1.82, 2.24) is 0 Å². The van der Waals surface area contributed by atoms with Crippen LogP contribution in [0.15, 0.2) is 0 Å². The zero-order valence-corrected chi connectivity index (χ0v) is 6.31. The van der Waals surface area contributed by atoms with E-state index in [4.69, 9.17) is 0 Å². The molecule has 0 saturated heterocycles. The third kappa shape index (κ3) is 29.2. The van der Waals surface area contributed by atoms with Gasteiger partial charge in [0.25, 0.3) is 0 Å². The molecule has 0 fully saturated rings. The van der Waals surface area contributed by atoms with Crippen molar-refractivity contribution in [2.75, 3.05) is 0 Å². The Morgan fingerprint density at radius 1 is 0.600 bits per heavy atom. The van der Waals surface area contributed by atoms with Gasteiger partial charge in [0.1, 0.15) is 0 Å². The van der Waals surface area contributed by atoms with Gasteiger partial charge < -0.3 is 6.15 Å². The van der Waals surface area contributed by atoms with Crippen LogP contribution in [0, 0.1) is 0 Å². The maximum absolute atomic E-state index is 0. The van der Waals surface area contributed by atoms with E-state index in [1.807, 2.05) is 0 Å². The Kier molecular flexibility index (Phi) is 810. The summed E-state index contributed by atoms with van der Waals surface area (Å²) in [7, 11) is 0. The van der Waals surface area contributed by atoms with E-state index in [2.05, 4.69) is 0 Å². The van der Waals surface area contributed by atoms with Crippen LogP contribution in [0.3, 0.4) is 0 Å². The molecular formula is H5Cl3NTi-. The first kappa shape index (κ1) is 84.4. The fourth-order valence-corrected chi connectivity index (χ4v) is 0. The molecule has 0 aromatic carbocycles. The Labute approximate surface area is 65.0 Å². The molecule has 0 radical (unpaired) electrons. The van der Waals surface area contributed by atoms with Gasteiger partial charge in [-0.2, -0.15) is 0 Å². The number of hydrogen-bond donors (Lipinski definition) is 0. The second-order valence-corrected chi connectivity index (χ2v) is 0. The van der Waals surface area contributed by atoms with Crippen molar-refractivity contribution < 1.29 is 21.7 Å². The maximum Gasteiger partial charge on any atom is 0 e. The molecule has 0 unspecified atom stereocenters. The summed E-state index contributed by atoms with van der Waals surface area (Å²) in [6, 6.07) is 0. The molecule has 0 aliphatic heterocycles. The Morgan fingerprint density at radius 3 is 0.600 bits per heavy atom. The van der Waals surface area contributed by atoms with Crippen molar-refractivity contribution >= 4 is 37.2 Å². The number of rotatable bonds is 0. The molecule has 0 bridgehead atoms. The van der Waals surface area contributed by atoms with E-state index >= 15 is 0 Å². The average molecular weight is 173 g/mol. The van der Waals surface area contributed by atoms with Crippen molar-refractivity contribution in [3.63, 3.8) is 0 Å². The fourth-order valence-electron chi connectivity index (χ4n) is 0. The summed E-state index contributed by atoms with van der Waals surface area (Å²) in [4.78, 5) is 0. The van der Waals surface area contributed by atoms with Crippen LogP contribution < -0.4 is 0 Å². The van der Waals surface area contributed by atoms with Gasteiger partial charge >= 0.3 is 0 Å². The third-order valence-electron chi connectivity index (χ3n) is 0. The molecule has 5 heteroatoms. The van der Waals surface area contributed by atoms with E-state index in [0.717, 1.165) is 0 Å². The van der Waals surface area contributed by atoms with Crippen LogP contribution in [-0.4, -0.2) is 0 Å². The Balaban J connectivity index is 0. The molecule has 0 saturated carbocycles.